The minimum absolute atomic E-state index is 0.801. The Kier molecular flexibility index (Phi) is 1.92. The zero-order chi connectivity index (χ0) is 9.83. The first-order valence-corrected chi connectivity index (χ1v) is 6.92. The molecule has 5 atom stereocenters. The van der Waals surface area contributed by atoms with Gasteiger partial charge in [0.2, 0.25) is 0 Å². The van der Waals surface area contributed by atoms with E-state index in [1.165, 1.54) is 38.8 Å². The molecule has 84 valence electrons. The van der Waals surface area contributed by atoms with Gasteiger partial charge in [-0.2, -0.15) is 0 Å². The maximum atomic E-state index is 3.58. The lowest BCUT2D eigenvalue weighted by Gasteiger charge is -2.63. The third-order valence-corrected chi connectivity index (χ3v) is 5.65. The van der Waals surface area contributed by atoms with E-state index in [0.29, 0.717) is 0 Å². The summed E-state index contributed by atoms with van der Waals surface area (Å²) in [5, 5.41) is 3.58. The molecule has 0 spiro atoms. The molecular weight excluding hydrogens is 184 g/mol. The van der Waals surface area contributed by atoms with Crippen molar-refractivity contribution in [2.45, 2.75) is 57.2 Å². The Morgan fingerprint density at radius 1 is 0.933 bits per heavy atom. The quantitative estimate of drug-likeness (QED) is 0.653. The Morgan fingerprint density at radius 3 is 2.60 bits per heavy atom. The molecule has 0 radical (unpaired) electrons. The van der Waals surface area contributed by atoms with Gasteiger partial charge in [-0.15, -0.1) is 0 Å². The molecular formula is C13H22N2. The maximum Gasteiger partial charge on any atom is 0.0664 e. The zero-order valence-corrected chi connectivity index (χ0v) is 9.49. The number of fused-ring (bicyclic) bond motifs is 5. The Hall–Kier alpha value is -0.0800. The first-order valence-electron chi connectivity index (χ1n) is 6.92. The van der Waals surface area contributed by atoms with E-state index in [-0.39, 0.29) is 0 Å². The molecule has 0 aromatic rings. The fourth-order valence-corrected chi connectivity index (χ4v) is 4.73. The predicted octanol–water partition coefficient (Wildman–Crippen LogP) is 2.16. The van der Waals surface area contributed by atoms with E-state index in [1.54, 1.807) is 12.8 Å². The van der Waals surface area contributed by atoms with E-state index in [1.807, 2.05) is 0 Å². The number of hydrogen-bond acceptors (Lipinski definition) is 2. The van der Waals surface area contributed by atoms with Crippen molar-refractivity contribution < 1.29 is 0 Å². The van der Waals surface area contributed by atoms with Crippen LogP contribution in [0.2, 0.25) is 0 Å². The normalized spacial score (nSPS) is 54.0. The second kappa shape index (κ2) is 3.21. The minimum Gasteiger partial charge on any atom is -0.288 e. The lowest BCUT2D eigenvalue weighted by Crippen LogP contribution is -2.79. The van der Waals surface area contributed by atoms with Gasteiger partial charge < -0.3 is 0 Å². The van der Waals surface area contributed by atoms with Crippen LogP contribution in [0.1, 0.15) is 44.9 Å². The largest absolute Gasteiger partial charge is 0.288 e. The summed E-state index contributed by atoms with van der Waals surface area (Å²) in [6, 6.07) is 0.976. The smallest absolute Gasteiger partial charge is 0.0664 e. The standard InChI is InChI=1S/C13H22N2/c1-2-4-10-7-12-11(6-5-9(10)3-1)13-14-8-15(12)13/h9-14H,1-8H2. The first-order chi connectivity index (χ1) is 7.43. The number of rotatable bonds is 0. The van der Waals surface area contributed by atoms with Crippen molar-refractivity contribution in [3.63, 3.8) is 0 Å². The number of nitrogens with one attached hydrogen (secondary N) is 1. The van der Waals surface area contributed by atoms with Crippen LogP contribution in [0.15, 0.2) is 0 Å². The van der Waals surface area contributed by atoms with E-state index in [2.05, 4.69) is 10.2 Å². The van der Waals surface area contributed by atoms with Crippen molar-refractivity contribution in [2.75, 3.05) is 6.67 Å². The summed E-state index contributed by atoms with van der Waals surface area (Å²) in [6.07, 6.45) is 11.5. The molecule has 0 aromatic heterocycles. The van der Waals surface area contributed by atoms with Gasteiger partial charge in [0.1, 0.15) is 0 Å². The highest BCUT2D eigenvalue weighted by Gasteiger charge is 2.54. The van der Waals surface area contributed by atoms with Gasteiger partial charge in [-0.05, 0) is 31.1 Å². The van der Waals surface area contributed by atoms with Gasteiger partial charge in [0.15, 0.2) is 0 Å². The Bertz CT molecular complexity index is 259. The molecule has 2 heterocycles. The van der Waals surface area contributed by atoms with E-state index >= 15 is 0 Å². The highest BCUT2D eigenvalue weighted by Crippen LogP contribution is 2.49. The predicted molar refractivity (Wildman–Crippen MR) is 60.2 cm³/mol. The number of nitrogens with zero attached hydrogens (tertiary/aromatic N) is 1. The molecule has 0 aromatic carbocycles. The lowest BCUT2D eigenvalue weighted by molar-refractivity contribution is -0.160. The molecule has 2 aliphatic carbocycles. The SMILES string of the molecule is C1CCC2CC3C(CCC2C1)C1NCN31. The van der Waals surface area contributed by atoms with Gasteiger partial charge in [0.25, 0.3) is 0 Å². The van der Waals surface area contributed by atoms with Crippen molar-refractivity contribution in [1.82, 2.24) is 10.2 Å². The van der Waals surface area contributed by atoms with Crippen LogP contribution in [0.5, 0.6) is 0 Å². The molecule has 2 aliphatic heterocycles. The maximum absolute atomic E-state index is 3.58. The molecule has 2 saturated heterocycles. The number of hydrogen-bond donors (Lipinski definition) is 1. The van der Waals surface area contributed by atoms with Crippen LogP contribution in [0.3, 0.4) is 0 Å². The fraction of sp³-hybridized carbons (Fsp3) is 1.00. The molecule has 15 heavy (non-hydrogen) atoms. The molecule has 5 unspecified atom stereocenters. The van der Waals surface area contributed by atoms with Gasteiger partial charge in [-0.1, -0.05) is 25.7 Å². The van der Waals surface area contributed by atoms with Crippen LogP contribution >= 0.6 is 0 Å². The molecule has 0 bridgehead atoms. The average Bonchev–Trinajstić information content (AvgIpc) is 2.37. The van der Waals surface area contributed by atoms with Crippen molar-refractivity contribution in [3.8, 4) is 0 Å². The van der Waals surface area contributed by atoms with Gasteiger partial charge in [0.05, 0.1) is 12.8 Å². The highest BCUT2D eigenvalue weighted by molar-refractivity contribution is 5.06. The Labute approximate surface area is 92.4 Å². The van der Waals surface area contributed by atoms with Crippen LogP contribution in [0, 0.1) is 17.8 Å². The molecule has 1 N–H and O–H groups in total. The Balaban J connectivity index is 1.52. The summed E-state index contributed by atoms with van der Waals surface area (Å²) in [6.45, 7) is 1.18. The molecule has 2 heteroatoms. The van der Waals surface area contributed by atoms with Gasteiger partial charge in [-0.25, -0.2) is 0 Å². The van der Waals surface area contributed by atoms with E-state index in [4.69, 9.17) is 0 Å². The molecule has 4 rings (SSSR count). The van der Waals surface area contributed by atoms with Crippen molar-refractivity contribution in [3.05, 3.63) is 0 Å². The summed E-state index contributed by atoms with van der Waals surface area (Å²) in [5.41, 5.74) is 0. The van der Waals surface area contributed by atoms with E-state index in [9.17, 15) is 0 Å². The van der Waals surface area contributed by atoms with Crippen LogP contribution in [-0.2, 0) is 0 Å². The lowest BCUT2D eigenvalue weighted by atomic mass is 9.74. The third kappa shape index (κ3) is 1.18. The van der Waals surface area contributed by atoms with Crippen molar-refractivity contribution in [1.29, 1.82) is 0 Å². The summed E-state index contributed by atoms with van der Waals surface area (Å²) in [7, 11) is 0. The van der Waals surface area contributed by atoms with Gasteiger partial charge in [-0.3, -0.25) is 10.2 Å². The van der Waals surface area contributed by atoms with Crippen LogP contribution < -0.4 is 5.32 Å². The second-order valence-electron chi connectivity index (χ2n) is 6.17. The van der Waals surface area contributed by atoms with E-state index in [0.717, 1.165) is 30.0 Å². The summed E-state index contributed by atoms with van der Waals surface area (Å²) in [5.74, 6) is 3.21. The molecule has 4 fully saturated rings. The van der Waals surface area contributed by atoms with Gasteiger partial charge in [0, 0.05) is 12.0 Å². The topological polar surface area (TPSA) is 15.3 Å². The van der Waals surface area contributed by atoms with Crippen LogP contribution in [0.25, 0.3) is 0 Å². The van der Waals surface area contributed by atoms with Crippen LogP contribution in [0.4, 0.5) is 0 Å². The molecule has 0 amide bonds. The summed E-state index contributed by atoms with van der Waals surface area (Å²) >= 11 is 0. The Morgan fingerprint density at radius 2 is 1.80 bits per heavy atom. The minimum atomic E-state index is 0.801. The molecule has 2 saturated carbocycles. The zero-order valence-electron chi connectivity index (χ0n) is 9.49. The van der Waals surface area contributed by atoms with E-state index < -0.39 is 0 Å². The second-order valence-corrected chi connectivity index (χ2v) is 6.17. The first kappa shape index (κ1) is 9.00. The summed E-state index contributed by atoms with van der Waals surface area (Å²) < 4.78 is 0. The fourth-order valence-electron chi connectivity index (χ4n) is 4.73. The van der Waals surface area contributed by atoms with Crippen LogP contribution in [-0.4, -0.2) is 23.8 Å². The molecule has 4 aliphatic rings. The van der Waals surface area contributed by atoms with Gasteiger partial charge >= 0.3 is 0 Å². The average molecular weight is 206 g/mol. The third-order valence-electron chi connectivity index (χ3n) is 5.65. The molecule has 2 nitrogen and oxygen atoms in total. The summed E-state index contributed by atoms with van der Waals surface area (Å²) in [4.78, 5) is 2.71. The van der Waals surface area contributed by atoms with Crippen molar-refractivity contribution >= 4 is 0 Å². The monoisotopic (exact) mass is 206 g/mol. The van der Waals surface area contributed by atoms with Crippen molar-refractivity contribution in [2.24, 2.45) is 17.8 Å². The highest BCUT2D eigenvalue weighted by atomic mass is 15.5.